The number of carbonyl (C=O) groups excluding carboxylic acids is 1. The second kappa shape index (κ2) is 10.2. The Morgan fingerprint density at radius 3 is 2.75 bits per heavy atom. The van der Waals surface area contributed by atoms with Gasteiger partial charge in [-0.3, -0.25) is 9.69 Å². The number of sulfonamides is 1. The van der Waals surface area contributed by atoms with E-state index in [1.165, 1.54) is 18.2 Å². The molecular formula is C23H25N5O7S. The largest absolute Gasteiger partial charge is 0.493 e. The second-order valence-corrected chi connectivity index (χ2v) is 10.1. The fourth-order valence-electron chi connectivity index (χ4n) is 4.02. The van der Waals surface area contributed by atoms with E-state index in [0.717, 1.165) is 13.1 Å². The Kier molecular flexibility index (Phi) is 6.87. The SMILES string of the molecule is O=C(Cc1ccc2c(c1)OCO2)N=Nc1c(O)[nH]c2ccc(S(=O)(=O)NCCN3CCOCC3)cc12. The first-order valence-corrected chi connectivity index (χ1v) is 12.8. The Morgan fingerprint density at radius 2 is 1.92 bits per heavy atom. The van der Waals surface area contributed by atoms with Gasteiger partial charge >= 0.3 is 0 Å². The van der Waals surface area contributed by atoms with E-state index in [9.17, 15) is 18.3 Å². The van der Waals surface area contributed by atoms with Crippen LogP contribution in [-0.2, 0) is 26.0 Å². The quantitative estimate of drug-likeness (QED) is 0.385. The summed E-state index contributed by atoms with van der Waals surface area (Å²) in [7, 11) is -3.80. The van der Waals surface area contributed by atoms with Gasteiger partial charge in [-0.1, -0.05) is 6.07 Å². The minimum absolute atomic E-state index is 0.0131. The normalized spacial score (nSPS) is 16.2. The average molecular weight is 516 g/mol. The number of hydrogen-bond acceptors (Lipinski definition) is 9. The van der Waals surface area contributed by atoms with Gasteiger partial charge in [0.2, 0.25) is 22.7 Å². The highest BCUT2D eigenvalue weighted by Gasteiger charge is 2.19. The van der Waals surface area contributed by atoms with Gasteiger partial charge in [0.15, 0.2) is 17.2 Å². The topological polar surface area (TPSA) is 155 Å². The molecule has 3 N–H and O–H groups in total. The zero-order chi connectivity index (χ0) is 25.1. The molecule has 0 bridgehead atoms. The monoisotopic (exact) mass is 515 g/mol. The Labute approximate surface area is 206 Å². The molecule has 2 aromatic carbocycles. The van der Waals surface area contributed by atoms with E-state index in [1.807, 2.05) is 0 Å². The predicted octanol–water partition coefficient (Wildman–Crippen LogP) is 2.07. The summed E-state index contributed by atoms with van der Waals surface area (Å²) in [6.45, 7) is 3.75. The zero-order valence-corrected chi connectivity index (χ0v) is 20.1. The molecule has 5 rings (SSSR count). The van der Waals surface area contributed by atoms with E-state index in [4.69, 9.17) is 14.2 Å². The Bertz CT molecular complexity index is 1410. The first-order valence-electron chi connectivity index (χ1n) is 11.4. The number of aromatic hydroxyl groups is 1. The Balaban J connectivity index is 1.28. The van der Waals surface area contributed by atoms with Crippen molar-refractivity contribution < 1.29 is 32.5 Å². The molecule has 0 atom stereocenters. The molecule has 1 fully saturated rings. The van der Waals surface area contributed by atoms with Crippen LogP contribution in [-0.4, -0.2) is 75.5 Å². The molecule has 1 amide bonds. The van der Waals surface area contributed by atoms with Crippen molar-refractivity contribution in [2.75, 3.05) is 46.2 Å². The fraction of sp³-hybridized carbons (Fsp3) is 0.348. The van der Waals surface area contributed by atoms with Gasteiger partial charge in [-0.15, -0.1) is 10.2 Å². The molecule has 12 nitrogen and oxygen atoms in total. The maximum atomic E-state index is 12.8. The van der Waals surface area contributed by atoms with Crippen LogP contribution in [0, 0.1) is 0 Å². The summed E-state index contributed by atoms with van der Waals surface area (Å²) in [5.74, 6) is 0.298. The summed E-state index contributed by atoms with van der Waals surface area (Å²) < 4.78 is 44.1. The van der Waals surface area contributed by atoms with E-state index in [1.54, 1.807) is 18.2 Å². The van der Waals surface area contributed by atoms with Crippen molar-refractivity contribution in [3.63, 3.8) is 0 Å². The van der Waals surface area contributed by atoms with Crippen molar-refractivity contribution in [3.05, 3.63) is 42.0 Å². The van der Waals surface area contributed by atoms with Crippen molar-refractivity contribution >= 4 is 32.5 Å². The highest BCUT2D eigenvalue weighted by Crippen LogP contribution is 2.37. The third-order valence-corrected chi connectivity index (χ3v) is 7.37. The average Bonchev–Trinajstić information content (AvgIpc) is 3.46. The number of azo groups is 1. The number of nitrogens with zero attached hydrogens (tertiary/aromatic N) is 3. The third-order valence-electron chi connectivity index (χ3n) is 5.91. The van der Waals surface area contributed by atoms with Gasteiger partial charge in [0, 0.05) is 31.6 Å². The molecule has 3 heterocycles. The van der Waals surface area contributed by atoms with Gasteiger partial charge in [-0.25, -0.2) is 13.1 Å². The minimum Gasteiger partial charge on any atom is -0.493 e. The van der Waals surface area contributed by atoms with Crippen molar-refractivity contribution in [1.29, 1.82) is 0 Å². The maximum Gasteiger partial charge on any atom is 0.269 e. The molecule has 0 unspecified atom stereocenters. The van der Waals surface area contributed by atoms with E-state index >= 15 is 0 Å². The van der Waals surface area contributed by atoms with E-state index < -0.39 is 15.9 Å². The number of rotatable bonds is 8. The van der Waals surface area contributed by atoms with Gasteiger partial charge in [-0.05, 0) is 35.9 Å². The van der Waals surface area contributed by atoms with Crippen LogP contribution in [0.15, 0.2) is 51.5 Å². The highest BCUT2D eigenvalue weighted by molar-refractivity contribution is 7.89. The summed E-state index contributed by atoms with van der Waals surface area (Å²) in [4.78, 5) is 17.2. The molecule has 2 aliphatic heterocycles. The third kappa shape index (κ3) is 5.33. The first kappa shape index (κ1) is 24.2. The molecule has 190 valence electrons. The number of aromatic nitrogens is 1. The van der Waals surface area contributed by atoms with E-state index in [0.29, 0.717) is 47.7 Å². The van der Waals surface area contributed by atoms with Crippen LogP contribution < -0.4 is 14.2 Å². The molecule has 2 aliphatic rings. The number of nitrogens with one attached hydrogen (secondary N) is 2. The number of morpholine rings is 1. The van der Waals surface area contributed by atoms with E-state index in [-0.39, 0.29) is 36.2 Å². The smallest absolute Gasteiger partial charge is 0.269 e. The van der Waals surface area contributed by atoms with Crippen LogP contribution >= 0.6 is 0 Å². The van der Waals surface area contributed by atoms with E-state index in [2.05, 4.69) is 24.8 Å². The lowest BCUT2D eigenvalue weighted by Crippen LogP contribution is -2.41. The summed E-state index contributed by atoms with van der Waals surface area (Å²) in [6.07, 6.45) is -0.0318. The zero-order valence-electron chi connectivity index (χ0n) is 19.3. The molecular weight excluding hydrogens is 490 g/mol. The fourth-order valence-corrected chi connectivity index (χ4v) is 5.07. The molecule has 0 saturated carbocycles. The summed E-state index contributed by atoms with van der Waals surface area (Å²) >= 11 is 0. The number of fused-ring (bicyclic) bond motifs is 2. The molecule has 1 aromatic heterocycles. The molecule has 0 radical (unpaired) electrons. The Morgan fingerprint density at radius 1 is 1.11 bits per heavy atom. The molecule has 36 heavy (non-hydrogen) atoms. The molecule has 0 spiro atoms. The molecule has 3 aromatic rings. The highest BCUT2D eigenvalue weighted by atomic mass is 32.2. The van der Waals surface area contributed by atoms with Gasteiger partial charge in [0.05, 0.1) is 30.0 Å². The Hall–Kier alpha value is -3.52. The van der Waals surface area contributed by atoms with Crippen LogP contribution in [0.25, 0.3) is 10.9 Å². The van der Waals surface area contributed by atoms with Crippen LogP contribution in [0.3, 0.4) is 0 Å². The van der Waals surface area contributed by atoms with Crippen LogP contribution in [0.5, 0.6) is 17.4 Å². The number of amides is 1. The lowest BCUT2D eigenvalue weighted by atomic mass is 10.1. The van der Waals surface area contributed by atoms with Crippen molar-refractivity contribution in [2.24, 2.45) is 10.2 Å². The van der Waals surface area contributed by atoms with Crippen molar-refractivity contribution in [3.8, 4) is 17.4 Å². The summed E-state index contributed by atoms with van der Waals surface area (Å²) in [6, 6.07) is 9.49. The molecule has 1 saturated heterocycles. The molecule has 0 aliphatic carbocycles. The van der Waals surface area contributed by atoms with Gasteiger partial charge in [-0.2, -0.15) is 0 Å². The van der Waals surface area contributed by atoms with Crippen molar-refractivity contribution in [1.82, 2.24) is 14.6 Å². The maximum absolute atomic E-state index is 12.8. The van der Waals surface area contributed by atoms with Gasteiger partial charge in [0.1, 0.15) is 0 Å². The molecule has 13 heteroatoms. The standard InChI is InChI=1S/C23H25N5O7S/c29-21(12-15-1-4-19-20(11-15)35-14-34-19)26-27-22-17-13-16(2-3-18(17)25-23(22)30)36(31,32)24-5-6-28-7-9-33-10-8-28/h1-4,11,13,24-25,30H,5-10,12,14H2. The number of carbonyl (C=O) groups is 1. The minimum atomic E-state index is -3.80. The lowest BCUT2D eigenvalue weighted by molar-refractivity contribution is -0.117. The van der Waals surface area contributed by atoms with Crippen LogP contribution in [0.1, 0.15) is 5.56 Å². The van der Waals surface area contributed by atoms with Crippen molar-refractivity contribution in [2.45, 2.75) is 11.3 Å². The number of benzene rings is 2. The van der Waals surface area contributed by atoms with Gasteiger partial charge < -0.3 is 24.3 Å². The van der Waals surface area contributed by atoms with Crippen LogP contribution in [0.4, 0.5) is 5.69 Å². The predicted molar refractivity (Wildman–Crippen MR) is 128 cm³/mol. The second-order valence-electron chi connectivity index (χ2n) is 8.34. The van der Waals surface area contributed by atoms with Gasteiger partial charge in [0.25, 0.3) is 5.91 Å². The number of H-pyrrole nitrogens is 1. The number of ether oxygens (including phenoxy) is 3. The summed E-state index contributed by atoms with van der Waals surface area (Å²) in [5, 5.41) is 18.2. The summed E-state index contributed by atoms with van der Waals surface area (Å²) in [5.41, 5.74) is 1.11. The number of aromatic amines is 1. The first-order chi connectivity index (χ1) is 17.4. The number of hydrogen-bond donors (Lipinski definition) is 3. The lowest BCUT2D eigenvalue weighted by Gasteiger charge is -2.26. The van der Waals surface area contributed by atoms with Crippen LogP contribution in [0.2, 0.25) is 0 Å².